The first-order valence-corrected chi connectivity index (χ1v) is 6.12. The molecule has 102 valence electrons. The van der Waals surface area contributed by atoms with Crippen molar-refractivity contribution in [3.8, 4) is 23.1 Å². The molecule has 0 aliphatic carbocycles. The fourth-order valence-electron chi connectivity index (χ4n) is 1.88. The number of aldehydes is 1. The van der Waals surface area contributed by atoms with E-state index in [1.807, 2.05) is 13.0 Å². The molecule has 0 atom stereocenters. The van der Waals surface area contributed by atoms with Gasteiger partial charge in [0.1, 0.15) is 23.8 Å². The Kier molecular flexibility index (Phi) is 4.01. The minimum absolute atomic E-state index is 0.00367. The average molecular weight is 270 g/mol. The highest BCUT2D eigenvalue weighted by molar-refractivity contribution is 5.91. The Morgan fingerprint density at radius 2 is 2.15 bits per heavy atom. The van der Waals surface area contributed by atoms with E-state index >= 15 is 0 Å². The van der Waals surface area contributed by atoms with Crippen LogP contribution in [0.15, 0.2) is 24.3 Å². The number of nitrogens with zero attached hydrogens (tertiary/aromatic N) is 3. The van der Waals surface area contributed by atoms with Crippen LogP contribution in [-0.2, 0) is 6.54 Å². The number of rotatable bonds is 5. The predicted octanol–water partition coefficient (Wildman–Crippen LogP) is 1.87. The van der Waals surface area contributed by atoms with Crippen molar-refractivity contribution in [3.63, 3.8) is 0 Å². The van der Waals surface area contributed by atoms with Gasteiger partial charge in [-0.15, -0.1) is 0 Å². The molecule has 2 N–H and O–H groups in total. The zero-order chi connectivity index (χ0) is 14.5. The second-order valence-electron chi connectivity index (χ2n) is 4.04. The second-order valence-corrected chi connectivity index (χ2v) is 4.04. The highest BCUT2D eigenvalue weighted by Gasteiger charge is 2.16. The second kappa shape index (κ2) is 5.89. The number of benzene rings is 1. The summed E-state index contributed by atoms with van der Waals surface area (Å²) in [4.78, 5) is 11.2. The summed E-state index contributed by atoms with van der Waals surface area (Å²) in [5.74, 6) is 0.943. The van der Waals surface area contributed by atoms with Crippen LogP contribution in [0.1, 0.15) is 17.3 Å². The minimum atomic E-state index is 0.00367. The van der Waals surface area contributed by atoms with Crippen molar-refractivity contribution in [2.24, 2.45) is 0 Å². The molecule has 0 radical (unpaired) electrons. The lowest BCUT2D eigenvalue weighted by Crippen LogP contribution is -2.03. The van der Waals surface area contributed by atoms with E-state index in [9.17, 15) is 4.79 Å². The van der Waals surface area contributed by atoms with Crippen molar-refractivity contribution in [3.05, 3.63) is 29.8 Å². The van der Waals surface area contributed by atoms with Crippen LogP contribution in [0.4, 0.5) is 5.82 Å². The van der Waals surface area contributed by atoms with E-state index in [0.29, 0.717) is 24.2 Å². The summed E-state index contributed by atoms with van der Waals surface area (Å²) in [6.45, 7) is 2.50. The molecule has 0 aliphatic heterocycles. The lowest BCUT2D eigenvalue weighted by molar-refractivity contribution is 0.112. The van der Waals surface area contributed by atoms with E-state index < -0.39 is 0 Å². The van der Waals surface area contributed by atoms with Crippen molar-refractivity contribution in [1.29, 1.82) is 5.26 Å². The van der Waals surface area contributed by atoms with Crippen LogP contribution >= 0.6 is 0 Å². The van der Waals surface area contributed by atoms with Gasteiger partial charge >= 0.3 is 0 Å². The maximum atomic E-state index is 11.2. The van der Waals surface area contributed by atoms with Gasteiger partial charge in [-0.2, -0.15) is 10.4 Å². The molecule has 2 aromatic rings. The van der Waals surface area contributed by atoms with E-state index in [2.05, 4.69) is 5.10 Å². The fraction of sp³-hybridized carbons (Fsp3) is 0.214. The normalized spacial score (nSPS) is 10.0. The molecule has 0 amide bonds. The quantitative estimate of drug-likeness (QED) is 0.837. The molecule has 6 nitrogen and oxygen atoms in total. The molecule has 0 saturated heterocycles. The van der Waals surface area contributed by atoms with Crippen LogP contribution in [0.5, 0.6) is 5.75 Å². The predicted molar refractivity (Wildman–Crippen MR) is 74.2 cm³/mol. The summed E-state index contributed by atoms with van der Waals surface area (Å²) in [5, 5.41) is 12.9. The zero-order valence-corrected chi connectivity index (χ0v) is 11.0. The summed E-state index contributed by atoms with van der Waals surface area (Å²) in [5.41, 5.74) is 7.32. The Bertz CT molecular complexity index is 653. The Morgan fingerprint density at radius 1 is 1.45 bits per heavy atom. The Morgan fingerprint density at radius 3 is 2.70 bits per heavy atom. The number of nitrogen functional groups attached to an aromatic ring is 1. The summed E-state index contributed by atoms with van der Waals surface area (Å²) in [6.07, 6.45) is 0.655. The topological polar surface area (TPSA) is 93.9 Å². The molecular weight excluding hydrogens is 256 g/mol. The smallest absolute Gasteiger partial charge is 0.156 e. The standard InChI is InChI=1S/C14H14N4O2/c1-2-20-11-5-3-10(4-6-11)13-12(9-19)14(16)18(17-13)8-7-15/h3-6,9H,2,8,16H2,1H3. The summed E-state index contributed by atoms with van der Waals surface area (Å²) < 4.78 is 6.67. The van der Waals surface area contributed by atoms with E-state index in [4.69, 9.17) is 15.7 Å². The molecule has 2 rings (SSSR count). The molecule has 20 heavy (non-hydrogen) atoms. The first-order chi connectivity index (χ1) is 9.71. The molecule has 1 aromatic carbocycles. The van der Waals surface area contributed by atoms with Crippen molar-refractivity contribution in [2.45, 2.75) is 13.5 Å². The van der Waals surface area contributed by atoms with Gasteiger partial charge in [0.2, 0.25) is 0 Å². The van der Waals surface area contributed by atoms with Gasteiger partial charge in [0.25, 0.3) is 0 Å². The van der Waals surface area contributed by atoms with Gasteiger partial charge in [0.15, 0.2) is 6.29 Å². The van der Waals surface area contributed by atoms with Gasteiger partial charge in [-0.3, -0.25) is 4.79 Å². The zero-order valence-electron chi connectivity index (χ0n) is 11.0. The summed E-state index contributed by atoms with van der Waals surface area (Å²) in [7, 11) is 0. The first kappa shape index (κ1) is 13.6. The van der Waals surface area contributed by atoms with Crippen LogP contribution in [-0.4, -0.2) is 22.7 Å². The largest absolute Gasteiger partial charge is 0.494 e. The number of carbonyl (C=O) groups excluding carboxylic acids is 1. The molecule has 0 unspecified atom stereocenters. The highest BCUT2D eigenvalue weighted by Crippen LogP contribution is 2.27. The van der Waals surface area contributed by atoms with E-state index in [1.54, 1.807) is 24.3 Å². The number of ether oxygens (including phenoxy) is 1. The number of hydrogen-bond acceptors (Lipinski definition) is 5. The number of nitrogens with two attached hydrogens (primary N) is 1. The van der Waals surface area contributed by atoms with Gasteiger partial charge in [-0.25, -0.2) is 4.68 Å². The third-order valence-electron chi connectivity index (χ3n) is 2.81. The fourth-order valence-corrected chi connectivity index (χ4v) is 1.88. The number of hydrogen-bond donors (Lipinski definition) is 1. The first-order valence-electron chi connectivity index (χ1n) is 6.12. The summed E-state index contributed by atoms with van der Waals surface area (Å²) >= 11 is 0. The van der Waals surface area contributed by atoms with Crippen molar-refractivity contribution in [1.82, 2.24) is 9.78 Å². The number of aromatic nitrogens is 2. The van der Waals surface area contributed by atoms with Gasteiger partial charge < -0.3 is 10.5 Å². The Labute approximate surface area is 116 Å². The van der Waals surface area contributed by atoms with Crippen molar-refractivity contribution < 1.29 is 9.53 Å². The van der Waals surface area contributed by atoms with Gasteiger partial charge in [0, 0.05) is 5.56 Å². The van der Waals surface area contributed by atoms with Crippen molar-refractivity contribution >= 4 is 12.1 Å². The molecule has 1 aromatic heterocycles. The lowest BCUT2D eigenvalue weighted by Gasteiger charge is -2.03. The lowest BCUT2D eigenvalue weighted by atomic mass is 10.1. The molecule has 0 saturated carbocycles. The van der Waals surface area contributed by atoms with E-state index in [1.165, 1.54) is 4.68 Å². The van der Waals surface area contributed by atoms with Gasteiger partial charge in [-0.1, -0.05) is 0 Å². The maximum absolute atomic E-state index is 11.2. The maximum Gasteiger partial charge on any atom is 0.156 e. The van der Waals surface area contributed by atoms with Crippen LogP contribution in [0.2, 0.25) is 0 Å². The molecule has 6 heteroatoms. The molecule has 0 fully saturated rings. The van der Waals surface area contributed by atoms with Crippen molar-refractivity contribution in [2.75, 3.05) is 12.3 Å². The minimum Gasteiger partial charge on any atom is -0.494 e. The third kappa shape index (κ3) is 2.47. The molecular formula is C14H14N4O2. The number of anilines is 1. The molecule has 1 heterocycles. The van der Waals surface area contributed by atoms with E-state index in [-0.39, 0.29) is 12.4 Å². The third-order valence-corrected chi connectivity index (χ3v) is 2.81. The van der Waals surface area contributed by atoms with Crippen LogP contribution in [0, 0.1) is 11.3 Å². The van der Waals surface area contributed by atoms with Crippen LogP contribution in [0.3, 0.4) is 0 Å². The molecule has 0 aliphatic rings. The van der Waals surface area contributed by atoms with Crippen LogP contribution < -0.4 is 10.5 Å². The average Bonchev–Trinajstić information content (AvgIpc) is 2.77. The van der Waals surface area contributed by atoms with Gasteiger partial charge in [-0.05, 0) is 31.2 Å². The molecule has 0 bridgehead atoms. The Hall–Kier alpha value is -2.81. The van der Waals surface area contributed by atoms with E-state index in [0.717, 1.165) is 11.3 Å². The number of carbonyl (C=O) groups is 1. The van der Waals surface area contributed by atoms with Crippen LogP contribution in [0.25, 0.3) is 11.3 Å². The SMILES string of the molecule is CCOc1ccc(-c2nn(CC#N)c(N)c2C=O)cc1. The Balaban J connectivity index is 2.43. The summed E-state index contributed by atoms with van der Waals surface area (Å²) in [6, 6.07) is 9.15. The number of nitriles is 1. The van der Waals surface area contributed by atoms with Gasteiger partial charge in [0.05, 0.1) is 18.2 Å². The monoisotopic (exact) mass is 270 g/mol. The highest BCUT2D eigenvalue weighted by atomic mass is 16.5. The molecule has 0 spiro atoms.